The summed E-state index contributed by atoms with van der Waals surface area (Å²) in [4.78, 5) is 20.3. The third-order valence-electron chi connectivity index (χ3n) is 3.09. The lowest BCUT2D eigenvalue weighted by Gasteiger charge is -2.21. The molecule has 5 nitrogen and oxygen atoms in total. The maximum atomic E-state index is 11.9. The molecule has 0 saturated heterocycles. The van der Waals surface area contributed by atoms with E-state index in [-0.39, 0.29) is 17.9 Å². The molecule has 1 amide bonds. The minimum Gasteiger partial charge on any atom is -0.358 e. The Hall–Kier alpha value is -1.88. The summed E-state index contributed by atoms with van der Waals surface area (Å²) in [5.74, 6) is 0.696. The van der Waals surface area contributed by atoms with Crippen molar-refractivity contribution < 1.29 is 4.79 Å². The van der Waals surface area contributed by atoms with Crippen molar-refractivity contribution in [2.24, 2.45) is 5.92 Å². The van der Waals surface area contributed by atoms with Crippen molar-refractivity contribution in [3.8, 4) is 0 Å². The van der Waals surface area contributed by atoms with Gasteiger partial charge in [-0.05, 0) is 24.1 Å². The molecule has 2 N–H and O–H groups in total. The van der Waals surface area contributed by atoms with Gasteiger partial charge in [-0.1, -0.05) is 25.4 Å². The van der Waals surface area contributed by atoms with Crippen LogP contribution in [0.1, 0.15) is 13.8 Å². The number of benzene rings is 1. The van der Waals surface area contributed by atoms with Crippen LogP contribution >= 0.6 is 11.6 Å². The second-order valence-corrected chi connectivity index (χ2v) is 5.30. The molecule has 0 spiro atoms. The number of hydrogen-bond donors (Lipinski definition) is 2. The predicted molar refractivity (Wildman–Crippen MR) is 80.9 cm³/mol. The van der Waals surface area contributed by atoms with E-state index in [1.54, 1.807) is 19.2 Å². The number of nitrogens with one attached hydrogen (secondary N) is 2. The summed E-state index contributed by atoms with van der Waals surface area (Å²) in [5, 5.41) is 7.30. The van der Waals surface area contributed by atoms with Crippen molar-refractivity contribution in [1.29, 1.82) is 0 Å². The van der Waals surface area contributed by atoms with Crippen LogP contribution < -0.4 is 10.6 Å². The first-order valence-electron chi connectivity index (χ1n) is 6.41. The van der Waals surface area contributed by atoms with E-state index in [2.05, 4.69) is 20.6 Å². The van der Waals surface area contributed by atoms with E-state index < -0.39 is 0 Å². The van der Waals surface area contributed by atoms with E-state index in [0.29, 0.717) is 10.8 Å². The van der Waals surface area contributed by atoms with Crippen molar-refractivity contribution >= 4 is 34.2 Å². The van der Waals surface area contributed by atoms with E-state index in [1.807, 2.05) is 19.9 Å². The molecule has 2 aromatic rings. The Balaban J connectivity index is 2.40. The Kier molecular flexibility index (Phi) is 4.39. The number of anilines is 1. The number of fused-ring (bicyclic) bond motifs is 1. The summed E-state index contributed by atoms with van der Waals surface area (Å²) < 4.78 is 0. The number of likely N-dealkylation sites (N-methyl/N-ethyl adjacent to an activating group) is 1. The zero-order chi connectivity index (χ0) is 14.7. The maximum Gasteiger partial charge on any atom is 0.242 e. The highest BCUT2D eigenvalue weighted by Gasteiger charge is 2.22. The molecule has 106 valence electrons. The van der Waals surface area contributed by atoms with Crippen molar-refractivity contribution in [2.75, 3.05) is 12.4 Å². The van der Waals surface area contributed by atoms with Crippen LogP contribution in [0.2, 0.25) is 5.02 Å². The predicted octanol–water partition coefficient (Wildman–Crippen LogP) is 2.47. The van der Waals surface area contributed by atoms with E-state index in [1.165, 1.54) is 6.33 Å². The first-order chi connectivity index (χ1) is 9.52. The van der Waals surface area contributed by atoms with Crippen LogP contribution in [0.25, 0.3) is 10.9 Å². The van der Waals surface area contributed by atoms with Gasteiger partial charge in [-0.3, -0.25) is 4.79 Å². The van der Waals surface area contributed by atoms with Crippen LogP contribution in [-0.2, 0) is 4.79 Å². The Labute approximate surface area is 122 Å². The normalized spacial score (nSPS) is 12.4. The summed E-state index contributed by atoms with van der Waals surface area (Å²) >= 11 is 5.96. The van der Waals surface area contributed by atoms with Gasteiger partial charge in [-0.15, -0.1) is 0 Å². The lowest BCUT2D eigenvalue weighted by Crippen LogP contribution is -2.41. The molecule has 6 heteroatoms. The Morgan fingerprint density at radius 1 is 1.30 bits per heavy atom. The van der Waals surface area contributed by atoms with Gasteiger partial charge in [0.2, 0.25) is 5.91 Å². The van der Waals surface area contributed by atoms with Crippen LogP contribution in [0.3, 0.4) is 0 Å². The highest BCUT2D eigenvalue weighted by Crippen LogP contribution is 2.23. The van der Waals surface area contributed by atoms with E-state index in [4.69, 9.17) is 11.6 Å². The van der Waals surface area contributed by atoms with E-state index in [9.17, 15) is 4.79 Å². The topological polar surface area (TPSA) is 66.9 Å². The number of aromatic nitrogens is 2. The van der Waals surface area contributed by atoms with Crippen LogP contribution in [0.5, 0.6) is 0 Å². The fourth-order valence-corrected chi connectivity index (χ4v) is 2.15. The van der Waals surface area contributed by atoms with Gasteiger partial charge in [0.25, 0.3) is 0 Å². The van der Waals surface area contributed by atoms with E-state index >= 15 is 0 Å². The Bertz CT molecular complexity index is 630. The summed E-state index contributed by atoms with van der Waals surface area (Å²) in [6.45, 7) is 3.96. The summed E-state index contributed by atoms with van der Waals surface area (Å²) in [6.07, 6.45) is 1.46. The number of carbonyl (C=O) groups is 1. The number of halogens is 1. The average Bonchev–Trinajstić information content (AvgIpc) is 2.43. The molecular weight excluding hydrogens is 276 g/mol. The van der Waals surface area contributed by atoms with Gasteiger partial charge in [0.15, 0.2) is 0 Å². The molecule has 0 aliphatic heterocycles. The first-order valence-corrected chi connectivity index (χ1v) is 6.79. The minimum atomic E-state index is -0.353. The highest BCUT2D eigenvalue weighted by molar-refractivity contribution is 6.31. The van der Waals surface area contributed by atoms with Gasteiger partial charge in [0.05, 0.1) is 5.52 Å². The summed E-state index contributed by atoms with van der Waals surface area (Å²) in [6, 6.07) is 5.05. The van der Waals surface area contributed by atoms with Crippen LogP contribution in [0, 0.1) is 5.92 Å². The molecule has 20 heavy (non-hydrogen) atoms. The summed E-state index contributed by atoms with van der Waals surface area (Å²) in [7, 11) is 1.62. The van der Waals surface area contributed by atoms with Crippen molar-refractivity contribution in [3.05, 3.63) is 29.5 Å². The molecular formula is C14H17ClN4O. The lowest BCUT2D eigenvalue weighted by molar-refractivity contribution is -0.122. The molecule has 1 heterocycles. The Morgan fingerprint density at radius 2 is 2.05 bits per heavy atom. The zero-order valence-corrected chi connectivity index (χ0v) is 12.4. The molecule has 0 fully saturated rings. The van der Waals surface area contributed by atoms with Gasteiger partial charge in [-0.2, -0.15) is 0 Å². The lowest BCUT2D eigenvalue weighted by atomic mass is 10.0. The monoisotopic (exact) mass is 292 g/mol. The standard InChI is InChI=1S/C14H17ClN4O/c1-8(2)12(14(20)16-3)19-13-10-5-4-9(15)6-11(10)17-7-18-13/h4-8,12H,1-3H3,(H,16,20)(H,17,18,19). The molecule has 1 aromatic carbocycles. The summed E-state index contributed by atoms with van der Waals surface area (Å²) in [5.41, 5.74) is 0.745. The fourth-order valence-electron chi connectivity index (χ4n) is 1.98. The maximum absolute atomic E-state index is 11.9. The first kappa shape index (κ1) is 14.5. The third kappa shape index (κ3) is 2.99. The molecule has 0 bridgehead atoms. The molecule has 2 rings (SSSR count). The smallest absolute Gasteiger partial charge is 0.242 e. The molecule has 0 aliphatic rings. The minimum absolute atomic E-state index is 0.0688. The fraction of sp³-hybridized carbons (Fsp3) is 0.357. The molecule has 1 atom stereocenters. The van der Waals surface area contributed by atoms with Gasteiger partial charge < -0.3 is 10.6 Å². The average molecular weight is 293 g/mol. The van der Waals surface area contributed by atoms with Gasteiger partial charge in [-0.25, -0.2) is 9.97 Å². The van der Waals surface area contributed by atoms with Gasteiger partial charge >= 0.3 is 0 Å². The number of nitrogens with zero attached hydrogens (tertiary/aromatic N) is 2. The SMILES string of the molecule is CNC(=O)C(Nc1ncnc2cc(Cl)ccc12)C(C)C. The second-order valence-electron chi connectivity index (χ2n) is 4.86. The number of hydrogen-bond acceptors (Lipinski definition) is 4. The van der Waals surface area contributed by atoms with E-state index in [0.717, 1.165) is 10.9 Å². The second kappa shape index (κ2) is 6.05. The van der Waals surface area contributed by atoms with Crippen LogP contribution in [0.4, 0.5) is 5.82 Å². The number of carbonyl (C=O) groups excluding carboxylic acids is 1. The van der Waals surface area contributed by atoms with Crippen LogP contribution in [0.15, 0.2) is 24.5 Å². The third-order valence-corrected chi connectivity index (χ3v) is 3.32. The van der Waals surface area contributed by atoms with Crippen LogP contribution in [-0.4, -0.2) is 29.0 Å². The Morgan fingerprint density at radius 3 is 2.70 bits per heavy atom. The number of rotatable bonds is 4. The molecule has 1 aromatic heterocycles. The van der Waals surface area contributed by atoms with Crippen molar-refractivity contribution in [2.45, 2.75) is 19.9 Å². The van der Waals surface area contributed by atoms with Gasteiger partial charge in [0.1, 0.15) is 18.2 Å². The number of amides is 1. The van der Waals surface area contributed by atoms with Crippen molar-refractivity contribution in [3.63, 3.8) is 0 Å². The molecule has 0 saturated carbocycles. The highest BCUT2D eigenvalue weighted by atomic mass is 35.5. The molecule has 1 unspecified atom stereocenters. The quantitative estimate of drug-likeness (QED) is 0.908. The zero-order valence-electron chi connectivity index (χ0n) is 11.6. The van der Waals surface area contributed by atoms with Crippen molar-refractivity contribution in [1.82, 2.24) is 15.3 Å². The molecule has 0 aliphatic carbocycles. The van der Waals surface area contributed by atoms with Gasteiger partial charge in [0, 0.05) is 17.5 Å². The largest absolute Gasteiger partial charge is 0.358 e. The molecule has 0 radical (unpaired) electrons.